The minimum Gasteiger partial charge on any atom is -0.493 e. The first kappa shape index (κ1) is 25.4. The summed E-state index contributed by atoms with van der Waals surface area (Å²) in [4.78, 5) is 34.7. The van der Waals surface area contributed by atoms with Gasteiger partial charge in [-0.05, 0) is 49.6 Å². The quantitative estimate of drug-likeness (QED) is 0.291. The second-order valence-electron chi connectivity index (χ2n) is 7.53. The Bertz CT molecular complexity index is 979. The first-order chi connectivity index (χ1) is 15.1. The van der Waals surface area contributed by atoms with Crippen molar-refractivity contribution in [3.05, 3.63) is 34.9 Å². The number of aliphatic carboxylic acids is 1. The number of primary amides is 2. The third-order valence-electron chi connectivity index (χ3n) is 4.43. The number of amides is 3. The molecule has 1 aromatic carbocycles. The van der Waals surface area contributed by atoms with Gasteiger partial charge in [-0.1, -0.05) is 25.4 Å². The zero-order chi connectivity index (χ0) is 23.8. The third kappa shape index (κ3) is 7.40. The van der Waals surface area contributed by atoms with Crippen LogP contribution in [0.15, 0.2) is 24.3 Å². The van der Waals surface area contributed by atoms with Gasteiger partial charge in [0.15, 0.2) is 0 Å². The molecule has 1 heterocycles. The Balaban J connectivity index is 1.97. The highest BCUT2D eigenvalue weighted by atomic mass is 35.5. The molecule has 1 aromatic heterocycles. The molecule has 0 spiro atoms. The second-order valence-corrected chi connectivity index (χ2v) is 8.98. The number of carbonyl (C=O) groups is 3. The zero-order valence-electron chi connectivity index (χ0n) is 17.8. The van der Waals surface area contributed by atoms with E-state index < -0.39 is 23.9 Å². The van der Waals surface area contributed by atoms with Gasteiger partial charge >= 0.3 is 12.0 Å². The highest BCUT2D eigenvalue weighted by molar-refractivity contribution is 7.20. The standard InChI is InChI=1S/C21H27ClN4O5S/c1-11(2)8-16(20(28)29)25-6-3-7-31-12-4-5-13(15(22)9-12)17-10-14(18(23)27)19(32-17)26-21(24)30/h4-5,9-11,16,25H,3,6-8H2,1-2H3,(H2,23,27)(H,28,29)(H3,24,26,30)/t16-/m0/s1. The number of nitrogens with one attached hydrogen (secondary N) is 2. The van der Waals surface area contributed by atoms with E-state index in [-0.39, 0.29) is 16.5 Å². The van der Waals surface area contributed by atoms with Crippen molar-refractivity contribution >= 4 is 45.8 Å². The summed E-state index contributed by atoms with van der Waals surface area (Å²) in [5, 5.41) is 15.3. The average molecular weight is 483 g/mol. The lowest BCUT2D eigenvalue weighted by Crippen LogP contribution is -2.38. The second kappa shape index (κ2) is 11.7. The van der Waals surface area contributed by atoms with Crippen LogP contribution in [0.3, 0.4) is 0 Å². The number of anilines is 1. The van der Waals surface area contributed by atoms with E-state index in [9.17, 15) is 19.5 Å². The molecule has 174 valence electrons. The van der Waals surface area contributed by atoms with Gasteiger partial charge in [0.2, 0.25) is 0 Å². The fourth-order valence-corrected chi connectivity index (χ4v) is 4.41. The number of benzene rings is 1. The maximum atomic E-state index is 11.6. The van der Waals surface area contributed by atoms with Crippen LogP contribution >= 0.6 is 22.9 Å². The first-order valence-corrected chi connectivity index (χ1v) is 11.2. The molecule has 0 fully saturated rings. The number of rotatable bonds is 12. The Morgan fingerprint density at radius 1 is 1.22 bits per heavy atom. The molecule has 0 saturated carbocycles. The number of halogens is 1. The van der Waals surface area contributed by atoms with Crippen LogP contribution in [-0.2, 0) is 4.79 Å². The summed E-state index contributed by atoms with van der Waals surface area (Å²) in [7, 11) is 0. The predicted octanol–water partition coefficient (Wildman–Crippen LogP) is 3.52. The molecule has 32 heavy (non-hydrogen) atoms. The van der Waals surface area contributed by atoms with Crippen LogP contribution in [0, 0.1) is 5.92 Å². The minimum absolute atomic E-state index is 0.143. The summed E-state index contributed by atoms with van der Waals surface area (Å²) >= 11 is 7.53. The molecular formula is C21H27ClN4O5S. The molecule has 0 bridgehead atoms. The molecule has 11 heteroatoms. The van der Waals surface area contributed by atoms with Crippen molar-refractivity contribution in [3.8, 4) is 16.2 Å². The Kier molecular flexibility index (Phi) is 9.30. The van der Waals surface area contributed by atoms with E-state index in [0.29, 0.717) is 47.2 Å². The molecule has 0 aliphatic carbocycles. The van der Waals surface area contributed by atoms with Gasteiger partial charge in [0.05, 0.1) is 17.2 Å². The van der Waals surface area contributed by atoms with E-state index in [4.69, 9.17) is 27.8 Å². The lowest BCUT2D eigenvalue weighted by Gasteiger charge is -2.16. The summed E-state index contributed by atoms with van der Waals surface area (Å²) in [6.07, 6.45) is 1.18. The molecule has 7 N–H and O–H groups in total. The van der Waals surface area contributed by atoms with Gasteiger partial charge in [-0.2, -0.15) is 0 Å². The van der Waals surface area contributed by atoms with Gasteiger partial charge in [-0.3, -0.25) is 14.9 Å². The zero-order valence-corrected chi connectivity index (χ0v) is 19.4. The summed E-state index contributed by atoms with van der Waals surface area (Å²) in [5.74, 6) is -0.716. The molecule has 2 aromatic rings. The number of hydrogen-bond acceptors (Lipinski definition) is 6. The van der Waals surface area contributed by atoms with Crippen LogP contribution in [0.1, 0.15) is 37.0 Å². The van der Waals surface area contributed by atoms with Crippen molar-refractivity contribution in [3.63, 3.8) is 0 Å². The van der Waals surface area contributed by atoms with Gasteiger partial charge in [0.25, 0.3) is 5.91 Å². The molecule has 0 unspecified atom stereocenters. The first-order valence-electron chi connectivity index (χ1n) is 9.97. The number of urea groups is 1. The summed E-state index contributed by atoms with van der Waals surface area (Å²) in [6, 6.07) is 5.29. The fourth-order valence-electron chi connectivity index (χ4n) is 2.98. The number of hydrogen-bond donors (Lipinski definition) is 5. The van der Waals surface area contributed by atoms with Crippen molar-refractivity contribution in [2.24, 2.45) is 17.4 Å². The third-order valence-corrected chi connectivity index (χ3v) is 5.82. The SMILES string of the molecule is CC(C)C[C@H](NCCCOc1ccc(-c2cc(C(N)=O)c(NC(N)=O)s2)c(Cl)c1)C(=O)O. The van der Waals surface area contributed by atoms with Crippen molar-refractivity contribution in [2.45, 2.75) is 32.7 Å². The van der Waals surface area contributed by atoms with E-state index >= 15 is 0 Å². The van der Waals surface area contributed by atoms with Crippen LogP contribution in [0.5, 0.6) is 5.75 Å². The van der Waals surface area contributed by atoms with E-state index in [0.717, 1.165) is 11.3 Å². The summed E-state index contributed by atoms with van der Waals surface area (Å²) in [5.41, 5.74) is 11.3. The Labute approximate surface area is 195 Å². The smallest absolute Gasteiger partial charge is 0.320 e. The monoisotopic (exact) mass is 482 g/mol. The fraction of sp³-hybridized carbons (Fsp3) is 0.381. The van der Waals surface area contributed by atoms with E-state index in [1.165, 1.54) is 0 Å². The van der Waals surface area contributed by atoms with Crippen LogP contribution < -0.4 is 26.8 Å². The number of thiophene rings is 1. The molecule has 1 atom stereocenters. The van der Waals surface area contributed by atoms with Crippen LogP contribution in [-0.4, -0.2) is 42.2 Å². The molecule has 9 nitrogen and oxygen atoms in total. The van der Waals surface area contributed by atoms with Gasteiger partial charge < -0.3 is 26.6 Å². The van der Waals surface area contributed by atoms with Crippen LogP contribution in [0.2, 0.25) is 5.02 Å². The van der Waals surface area contributed by atoms with Gasteiger partial charge in [-0.15, -0.1) is 11.3 Å². The molecule has 0 aliphatic heterocycles. The largest absolute Gasteiger partial charge is 0.493 e. The van der Waals surface area contributed by atoms with E-state index in [1.807, 2.05) is 13.8 Å². The highest BCUT2D eigenvalue weighted by Crippen LogP contribution is 2.39. The molecule has 2 rings (SSSR count). The highest BCUT2D eigenvalue weighted by Gasteiger charge is 2.19. The minimum atomic E-state index is -0.857. The van der Waals surface area contributed by atoms with Crippen molar-refractivity contribution < 1.29 is 24.2 Å². The molecule has 0 radical (unpaired) electrons. The Morgan fingerprint density at radius 3 is 2.50 bits per heavy atom. The summed E-state index contributed by atoms with van der Waals surface area (Å²) < 4.78 is 5.70. The number of ether oxygens (including phenoxy) is 1. The average Bonchev–Trinajstić information content (AvgIpc) is 3.09. The summed E-state index contributed by atoms with van der Waals surface area (Å²) in [6.45, 7) is 4.85. The lowest BCUT2D eigenvalue weighted by molar-refractivity contribution is -0.139. The number of carbonyl (C=O) groups excluding carboxylic acids is 2. The number of carboxylic acid groups (broad SMARTS) is 1. The number of nitrogens with two attached hydrogens (primary N) is 2. The van der Waals surface area contributed by atoms with E-state index in [1.54, 1.807) is 24.3 Å². The molecular weight excluding hydrogens is 456 g/mol. The lowest BCUT2D eigenvalue weighted by atomic mass is 10.0. The van der Waals surface area contributed by atoms with Crippen molar-refractivity contribution in [1.29, 1.82) is 0 Å². The predicted molar refractivity (Wildman–Crippen MR) is 125 cm³/mol. The van der Waals surface area contributed by atoms with E-state index in [2.05, 4.69) is 10.6 Å². The topological polar surface area (TPSA) is 157 Å². The van der Waals surface area contributed by atoms with Crippen LogP contribution in [0.25, 0.3) is 10.4 Å². The van der Waals surface area contributed by atoms with Gasteiger partial charge in [0.1, 0.15) is 16.8 Å². The normalized spacial score (nSPS) is 11.9. The maximum absolute atomic E-state index is 11.6. The molecule has 0 aliphatic rings. The maximum Gasteiger partial charge on any atom is 0.320 e. The van der Waals surface area contributed by atoms with Crippen LogP contribution in [0.4, 0.5) is 9.80 Å². The Hall–Kier alpha value is -2.82. The number of carboxylic acids is 1. The van der Waals surface area contributed by atoms with Gasteiger partial charge in [0, 0.05) is 10.4 Å². The van der Waals surface area contributed by atoms with Gasteiger partial charge in [-0.25, -0.2) is 4.79 Å². The molecule has 3 amide bonds. The van der Waals surface area contributed by atoms with Crippen molar-refractivity contribution in [1.82, 2.24) is 5.32 Å². The molecule has 0 saturated heterocycles. The van der Waals surface area contributed by atoms with Crippen molar-refractivity contribution in [2.75, 3.05) is 18.5 Å². The Morgan fingerprint density at radius 2 is 1.94 bits per heavy atom.